The van der Waals surface area contributed by atoms with Gasteiger partial charge >= 0.3 is 5.97 Å². The summed E-state index contributed by atoms with van der Waals surface area (Å²) in [7, 11) is 1.26. The van der Waals surface area contributed by atoms with Crippen molar-refractivity contribution in [3.8, 4) is 33.9 Å². The number of aliphatic hydroxyl groups is 1. The molecule has 0 bridgehead atoms. The Balaban J connectivity index is 2.26. The van der Waals surface area contributed by atoms with Crippen LogP contribution < -0.4 is 20.6 Å². The number of carbonyl (C=O) groups excluding carboxylic acids is 1. The third-order valence-electron chi connectivity index (χ3n) is 5.73. The number of benzene rings is 3. The Morgan fingerprint density at radius 1 is 1.14 bits per heavy atom. The number of carbonyl (C=O) groups is 2. The summed E-state index contributed by atoms with van der Waals surface area (Å²) in [5.74, 6) is -2.77. The first kappa shape index (κ1) is 26.3. The highest BCUT2D eigenvalue weighted by Gasteiger charge is 2.28. The van der Waals surface area contributed by atoms with Crippen molar-refractivity contribution < 1.29 is 34.1 Å². The average molecular weight is 545 g/mol. The Morgan fingerprint density at radius 3 is 2.43 bits per heavy atom. The summed E-state index contributed by atoms with van der Waals surface area (Å²) < 4.78 is 11.0. The molecule has 2 aromatic carbocycles. The molecule has 0 atom stereocenters. The number of hydrogen-bond donors (Lipinski definition) is 3. The van der Waals surface area contributed by atoms with Gasteiger partial charge in [-0.1, -0.05) is 29.0 Å². The molecule has 2 aromatic rings. The van der Waals surface area contributed by atoms with Crippen molar-refractivity contribution in [3.05, 3.63) is 67.3 Å². The second-order valence-electron chi connectivity index (χ2n) is 8.48. The number of aliphatic hydroxyl groups excluding tert-OH is 1. The maximum absolute atomic E-state index is 12.8. The van der Waals surface area contributed by atoms with E-state index in [-0.39, 0.29) is 66.9 Å². The van der Waals surface area contributed by atoms with Crippen LogP contribution in [0, 0.1) is 0 Å². The van der Waals surface area contributed by atoms with E-state index in [1.807, 2.05) is 0 Å². The predicted octanol–water partition coefficient (Wildman–Crippen LogP) is 4.28. The number of carboxylic acid groups (broad SMARTS) is 1. The van der Waals surface area contributed by atoms with Crippen molar-refractivity contribution in [3.63, 3.8) is 0 Å². The molecule has 37 heavy (non-hydrogen) atoms. The van der Waals surface area contributed by atoms with Gasteiger partial charge in [0, 0.05) is 28.1 Å². The first-order chi connectivity index (χ1) is 17.5. The van der Waals surface area contributed by atoms with Crippen LogP contribution in [-0.4, -0.2) is 35.2 Å². The minimum absolute atomic E-state index is 0.0603. The number of rotatable bonds is 6. The van der Waals surface area contributed by atoms with Crippen LogP contribution in [0.15, 0.2) is 39.5 Å². The fourth-order valence-corrected chi connectivity index (χ4v) is 4.56. The van der Waals surface area contributed by atoms with Crippen LogP contribution in [0.5, 0.6) is 11.5 Å². The number of hydrogen-bond acceptors (Lipinski definition) is 7. The lowest BCUT2D eigenvalue weighted by Crippen LogP contribution is -2.30. The summed E-state index contributed by atoms with van der Waals surface area (Å²) >= 11 is 12.7. The van der Waals surface area contributed by atoms with Gasteiger partial charge in [0.1, 0.15) is 5.02 Å². The smallest absolute Gasteiger partial charge is 0.336 e. The van der Waals surface area contributed by atoms with E-state index >= 15 is 0 Å². The molecule has 11 heteroatoms. The average Bonchev–Trinajstić information content (AvgIpc) is 2.86. The number of nitrogens with one attached hydrogen (secondary N) is 1. The van der Waals surface area contributed by atoms with Crippen molar-refractivity contribution in [1.82, 2.24) is 5.32 Å². The van der Waals surface area contributed by atoms with Crippen LogP contribution in [0.1, 0.15) is 40.1 Å². The molecule has 1 heterocycles. The largest absolute Gasteiger partial charge is 0.871 e. The molecular weight excluding hydrogens is 525 g/mol. The van der Waals surface area contributed by atoms with Gasteiger partial charge in [-0.3, -0.25) is 9.59 Å². The lowest BCUT2D eigenvalue weighted by atomic mass is 9.88. The van der Waals surface area contributed by atoms with Gasteiger partial charge in [-0.05, 0) is 55.3 Å². The number of methoxy groups -OCH3 is 1. The molecule has 1 aliphatic carbocycles. The third kappa shape index (κ3) is 4.46. The highest BCUT2D eigenvalue weighted by molar-refractivity contribution is 6.37. The van der Waals surface area contributed by atoms with E-state index in [4.69, 9.17) is 32.4 Å². The highest BCUT2D eigenvalue weighted by atomic mass is 35.5. The first-order valence-corrected chi connectivity index (χ1v) is 11.7. The van der Waals surface area contributed by atoms with E-state index in [9.17, 15) is 29.7 Å². The SMILES string of the molecule is COc1cc2c(-c3cc(C(=O)NC(C)C)ccc3C(=O)O)c3cc(CO)c([O-])c(Cl)c3oc-2c(Cl)c1=O. The lowest BCUT2D eigenvalue weighted by Gasteiger charge is -2.22. The maximum atomic E-state index is 12.8. The Hall–Kier alpha value is -3.79. The van der Waals surface area contributed by atoms with Gasteiger partial charge in [-0.25, -0.2) is 4.79 Å². The first-order valence-electron chi connectivity index (χ1n) is 10.9. The molecule has 192 valence electrons. The van der Waals surface area contributed by atoms with Crippen LogP contribution in [0.4, 0.5) is 0 Å². The van der Waals surface area contributed by atoms with Gasteiger partial charge in [0.2, 0.25) is 5.43 Å². The zero-order chi connectivity index (χ0) is 27.2. The maximum Gasteiger partial charge on any atom is 0.336 e. The fraction of sp³-hybridized carbons (Fsp3) is 0.192. The molecule has 2 aliphatic rings. The number of aromatic carboxylic acids is 1. The number of fused-ring (bicyclic) bond motifs is 2. The predicted molar refractivity (Wildman–Crippen MR) is 136 cm³/mol. The second-order valence-corrected chi connectivity index (χ2v) is 9.24. The molecule has 0 fully saturated rings. The Morgan fingerprint density at radius 2 is 1.84 bits per heavy atom. The molecular formula is C26H20Cl2NO8-. The van der Waals surface area contributed by atoms with Crippen LogP contribution in [-0.2, 0) is 6.61 Å². The van der Waals surface area contributed by atoms with E-state index in [1.165, 1.54) is 37.4 Å². The van der Waals surface area contributed by atoms with Gasteiger partial charge < -0.3 is 29.8 Å². The third-order valence-corrected chi connectivity index (χ3v) is 6.42. The Labute approximate surface area is 220 Å². The van der Waals surface area contributed by atoms with Crippen LogP contribution in [0.3, 0.4) is 0 Å². The van der Waals surface area contributed by atoms with E-state index in [1.54, 1.807) is 13.8 Å². The van der Waals surface area contributed by atoms with Crippen LogP contribution >= 0.6 is 23.2 Å². The highest BCUT2D eigenvalue weighted by Crippen LogP contribution is 2.48. The minimum Gasteiger partial charge on any atom is -0.871 e. The molecule has 0 unspecified atom stereocenters. The van der Waals surface area contributed by atoms with Gasteiger partial charge in [0.05, 0.1) is 24.3 Å². The van der Waals surface area contributed by atoms with Crippen molar-refractivity contribution in [2.75, 3.05) is 7.11 Å². The van der Waals surface area contributed by atoms with Crippen molar-refractivity contribution >= 4 is 46.0 Å². The molecule has 0 saturated carbocycles. The minimum atomic E-state index is -1.31. The summed E-state index contributed by atoms with van der Waals surface area (Å²) in [6.45, 7) is 2.90. The van der Waals surface area contributed by atoms with E-state index < -0.39 is 34.7 Å². The number of amides is 1. The molecule has 4 rings (SSSR count). The monoisotopic (exact) mass is 544 g/mol. The summed E-state index contributed by atoms with van der Waals surface area (Å²) in [5.41, 5.74) is -0.596. The summed E-state index contributed by atoms with van der Waals surface area (Å²) in [4.78, 5) is 37.7. The van der Waals surface area contributed by atoms with Crippen LogP contribution in [0.2, 0.25) is 10.0 Å². The van der Waals surface area contributed by atoms with E-state index in [0.717, 1.165) is 0 Å². The van der Waals surface area contributed by atoms with E-state index in [0.29, 0.717) is 0 Å². The fourth-order valence-electron chi connectivity index (χ4n) is 4.06. The molecule has 3 N–H and O–H groups in total. The van der Waals surface area contributed by atoms with Gasteiger partial charge in [-0.2, -0.15) is 0 Å². The van der Waals surface area contributed by atoms with Gasteiger partial charge in [0.25, 0.3) is 5.91 Å². The summed E-state index contributed by atoms with van der Waals surface area (Å²) in [6, 6.07) is 6.47. The molecule has 0 radical (unpaired) electrons. The zero-order valence-electron chi connectivity index (χ0n) is 19.8. The molecule has 1 aliphatic heterocycles. The summed E-state index contributed by atoms with van der Waals surface area (Å²) in [6.07, 6.45) is 0. The number of carboxylic acids is 1. The van der Waals surface area contributed by atoms with Gasteiger partial charge in [-0.15, -0.1) is 0 Å². The second kappa shape index (κ2) is 9.93. The van der Waals surface area contributed by atoms with Crippen LogP contribution in [0.25, 0.3) is 33.4 Å². The molecule has 1 amide bonds. The standard InChI is InChI=1S/C26H21Cl2NO8/c1-10(2)29-25(33)11-4-5-13(26(34)35)14(6-11)18-15-7-12(9-30)21(31)19(27)23(15)37-24-16(18)8-17(36-3)22(32)20(24)28/h4-8,10,30-31H,9H2,1-3H3,(H,29,33)(H,34,35)/p-1. The van der Waals surface area contributed by atoms with Crippen molar-refractivity contribution in [1.29, 1.82) is 0 Å². The summed E-state index contributed by atoms with van der Waals surface area (Å²) in [5, 5.41) is 34.6. The lowest BCUT2D eigenvalue weighted by molar-refractivity contribution is -0.269. The molecule has 0 spiro atoms. The Bertz CT molecular complexity index is 1610. The molecule has 0 aromatic heterocycles. The quantitative estimate of drug-likeness (QED) is 0.304. The Kier molecular flexibility index (Phi) is 7.05. The molecule has 9 nitrogen and oxygen atoms in total. The van der Waals surface area contributed by atoms with E-state index in [2.05, 4.69) is 5.32 Å². The normalized spacial score (nSPS) is 11.3. The van der Waals surface area contributed by atoms with Crippen molar-refractivity contribution in [2.45, 2.75) is 26.5 Å². The van der Waals surface area contributed by atoms with Gasteiger partial charge in [0.15, 0.2) is 17.1 Å². The molecule has 0 saturated heterocycles. The van der Waals surface area contributed by atoms with Crippen molar-refractivity contribution in [2.24, 2.45) is 0 Å². The topological polar surface area (TPSA) is 149 Å². The number of ether oxygens (including phenoxy) is 1. The number of halogens is 2. The zero-order valence-corrected chi connectivity index (χ0v) is 21.3.